The Hall–Kier alpha value is -2.67. The number of carbonyl (C=O) groups excluding carboxylic acids is 1. The van der Waals surface area contributed by atoms with Crippen molar-refractivity contribution in [3.63, 3.8) is 0 Å². The zero-order valence-electron chi connectivity index (χ0n) is 17.6. The molecule has 2 aromatic heterocycles. The molecule has 1 fully saturated rings. The Kier molecular flexibility index (Phi) is 6.18. The second-order valence-electron chi connectivity index (χ2n) is 7.88. The van der Waals surface area contributed by atoms with E-state index in [0.717, 1.165) is 38.0 Å². The first kappa shape index (κ1) is 20.6. The molecular weight excluding hydrogens is 396 g/mol. The van der Waals surface area contributed by atoms with Crippen molar-refractivity contribution in [3.05, 3.63) is 51.4 Å². The molecule has 0 radical (unpaired) electrons. The highest BCUT2D eigenvalue weighted by molar-refractivity contribution is 7.20. The molecule has 0 saturated carbocycles. The van der Waals surface area contributed by atoms with Crippen molar-refractivity contribution >= 4 is 38.8 Å². The average molecular weight is 425 g/mol. The number of carbonyl (C=O) groups is 1. The van der Waals surface area contributed by atoms with E-state index in [1.165, 1.54) is 29.9 Å². The molecule has 1 aliphatic rings. The Morgan fingerprint density at radius 3 is 2.60 bits per heavy atom. The second-order valence-corrected chi connectivity index (χ2v) is 8.88. The van der Waals surface area contributed by atoms with E-state index in [4.69, 9.17) is 0 Å². The molecule has 1 saturated heterocycles. The van der Waals surface area contributed by atoms with Crippen LogP contribution in [-0.2, 0) is 6.54 Å². The van der Waals surface area contributed by atoms with Gasteiger partial charge < -0.3 is 10.2 Å². The molecule has 3 heterocycles. The Balaban J connectivity index is 1.53. The first-order chi connectivity index (χ1) is 14.6. The summed E-state index contributed by atoms with van der Waals surface area (Å²) in [5, 5.41) is 3.53. The highest BCUT2D eigenvalue weighted by Gasteiger charge is 2.20. The van der Waals surface area contributed by atoms with Crippen LogP contribution in [0.3, 0.4) is 0 Å². The molecule has 158 valence electrons. The maximum Gasteiger partial charge on any atom is 0.266 e. The molecule has 0 bridgehead atoms. The van der Waals surface area contributed by atoms with Gasteiger partial charge in [-0.25, -0.2) is 4.98 Å². The number of thiophene rings is 1. The molecule has 0 aliphatic carbocycles. The molecule has 3 aromatic rings. The van der Waals surface area contributed by atoms with Gasteiger partial charge in [0.2, 0.25) is 0 Å². The van der Waals surface area contributed by atoms with Crippen LogP contribution in [0.1, 0.15) is 54.3 Å². The number of nitrogens with one attached hydrogen (secondary N) is 1. The molecule has 1 aromatic carbocycles. The molecule has 6 nitrogen and oxygen atoms in total. The number of hydrogen-bond donors (Lipinski definition) is 1. The highest BCUT2D eigenvalue weighted by Crippen LogP contribution is 2.28. The van der Waals surface area contributed by atoms with Crippen molar-refractivity contribution in [2.75, 3.05) is 23.3 Å². The van der Waals surface area contributed by atoms with Gasteiger partial charge in [0.15, 0.2) is 0 Å². The van der Waals surface area contributed by atoms with E-state index in [9.17, 15) is 9.59 Å². The molecule has 0 unspecified atom stereocenters. The Labute approximate surface area is 180 Å². The molecule has 30 heavy (non-hydrogen) atoms. The van der Waals surface area contributed by atoms with Crippen LogP contribution in [0.25, 0.3) is 10.2 Å². The number of hydrogen-bond acceptors (Lipinski definition) is 5. The summed E-state index contributed by atoms with van der Waals surface area (Å²) in [6, 6.07) is 7.98. The van der Waals surface area contributed by atoms with Gasteiger partial charge in [-0.1, -0.05) is 19.8 Å². The summed E-state index contributed by atoms with van der Waals surface area (Å²) in [7, 11) is 0. The largest absolute Gasteiger partial charge is 0.372 e. The predicted octanol–water partition coefficient (Wildman–Crippen LogP) is 4.81. The molecular formula is C23H28N4O2S. The van der Waals surface area contributed by atoms with Gasteiger partial charge >= 0.3 is 0 Å². The summed E-state index contributed by atoms with van der Waals surface area (Å²) >= 11 is 1.28. The van der Waals surface area contributed by atoms with Gasteiger partial charge in [-0.2, -0.15) is 0 Å². The van der Waals surface area contributed by atoms with E-state index < -0.39 is 0 Å². The fourth-order valence-electron chi connectivity index (χ4n) is 3.99. The number of fused-ring (bicyclic) bond motifs is 1. The van der Waals surface area contributed by atoms with E-state index in [1.807, 2.05) is 19.1 Å². The van der Waals surface area contributed by atoms with Gasteiger partial charge in [-0.3, -0.25) is 14.2 Å². The highest BCUT2D eigenvalue weighted by atomic mass is 32.1. The Bertz CT molecular complexity index is 1090. The quantitative estimate of drug-likeness (QED) is 0.553. The number of aromatic nitrogens is 2. The molecule has 7 heteroatoms. The zero-order chi connectivity index (χ0) is 21.1. The third-order valence-corrected chi connectivity index (χ3v) is 6.92. The van der Waals surface area contributed by atoms with Gasteiger partial charge in [-0.15, -0.1) is 11.3 Å². The van der Waals surface area contributed by atoms with Crippen molar-refractivity contribution in [1.82, 2.24) is 9.55 Å². The normalized spacial score (nSPS) is 13.9. The average Bonchev–Trinajstić information content (AvgIpc) is 3.39. The molecule has 1 N–H and O–H groups in total. The van der Waals surface area contributed by atoms with Crippen LogP contribution in [0.4, 0.5) is 11.4 Å². The fourth-order valence-corrected chi connectivity index (χ4v) is 5.02. The lowest BCUT2D eigenvalue weighted by Crippen LogP contribution is -2.20. The molecule has 1 aliphatic heterocycles. The van der Waals surface area contributed by atoms with E-state index in [2.05, 4.69) is 34.3 Å². The van der Waals surface area contributed by atoms with Crippen LogP contribution in [0, 0.1) is 6.92 Å². The van der Waals surface area contributed by atoms with Crippen molar-refractivity contribution in [2.24, 2.45) is 0 Å². The van der Waals surface area contributed by atoms with Crippen molar-refractivity contribution in [2.45, 2.75) is 52.5 Å². The summed E-state index contributed by atoms with van der Waals surface area (Å²) in [5.74, 6) is -0.193. The summed E-state index contributed by atoms with van der Waals surface area (Å²) in [5.41, 5.74) is 2.60. The lowest BCUT2D eigenvalue weighted by molar-refractivity contribution is 0.103. The van der Waals surface area contributed by atoms with Gasteiger partial charge in [0.1, 0.15) is 4.83 Å². The molecule has 0 spiro atoms. The van der Waals surface area contributed by atoms with Gasteiger partial charge in [0.05, 0.1) is 16.6 Å². The van der Waals surface area contributed by atoms with E-state index in [0.29, 0.717) is 27.2 Å². The molecule has 0 atom stereocenters. The second kappa shape index (κ2) is 9.00. The molecule has 4 rings (SSSR count). The zero-order valence-corrected chi connectivity index (χ0v) is 18.4. The van der Waals surface area contributed by atoms with E-state index in [1.54, 1.807) is 10.9 Å². The number of unbranched alkanes of at least 4 members (excludes halogenated alkanes) is 2. The smallest absolute Gasteiger partial charge is 0.266 e. The van der Waals surface area contributed by atoms with Crippen molar-refractivity contribution < 1.29 is 4.79 Å². The third-order valence-electron chi connectivity index (χ3n) is 5.72. The predicted molar refractivity (Wildman–Crippen MR) is 124 cm³/mol. The van der Waals surface area contributed by atoms with Gasteiger partial charge in [0, 0.05) is 31.0 Å². The minimum Gasteiger partial charge on any atom is -0.372 e. The summed E-state index contributed by atoms with van der Waals surface area (Å²) in [6.45, 7) is 6.82. The van der Waals surface area contributed by atoms with Crippen LogP contribution in [0.15, 0.2) is 35.4 Å². The van der Waals surface area contributed by atoms with Crippen molar-refractivity contribution in [1.29, 1.82) is 0 Å². The lowest BCUT2D eigenvalue weighted by Gasteiger charge is -2.17. The minimum absolute atomic E-state index is 0.0566. The number of aryl methyl sites for hydroxylation is 2. The van der Waals surface area contributed by atoms with Crippen LogP contribution < -0.4 is 15.8 Å². The standard InChI is InChI=1S/C23H28N4O2S/c1-3-4-5-14-27-15-24-22-19(23(27)29)16(2)20(30-22)21(28)25-17-8-10-18(11-9-17)26-12-6-7-13-26/h8-11,15H,3-7,12-14H2,1-2H3,(H,25,28). The maximum atomic E-state index is 12.9. The van der Waals surface area contributed by atoms with Gasteiger partial charge in [-0.05, 0) is 56.0 Å². The Morgan fingerprint density at radius 1 is 1.17 bits per heavy atom. The summed E-state index contributed by atoms with van der Waals surface area (Å²) < 4.78 is 1.66. The number of anilines is 2. The van der Waals surface area contributed by atoms with E-state index >= 15 is 0 Å². The van der Waals surface area contributed by atoms with Crippen LogP contribution >= 0.6 is 11.3 Å². The Morgan fingerprint density at radius 2 is 1.90 bits per heavy atom. The van der Waals surface area contributed by atoms with Crippen LogP contribution in [0.2, 0.25) is 0 Å². The fraction of sp³-hybridized carbons (Fsp3) is 0.435. The third kappa shape index (κ3) is 4.12. The van der Waals surface area contributed by atoms with Crippen LogP contribution in [-0.4, -0.2) is 28.5 Å². The first-order valence-electron chi connectivity index (χ1n) is 10.7. The topological polar surface area (TPSA) is 67.2 Å². The SMILES string of the molecule is CCCCCn1cnc2sc(C(=O)Nc3ccc(N4CCCC4)cc3)c(C)c2c1=O. The van der Waals surface area contributed by atoms with Gasteiger partial charge in [0.25, 0.3) is 11.5 Å². The number of nitrogens with zero attached hydrogens (tertiary/aromatic N) is 3. The van der Waals surface area contributed by atoms with Crippen LogP contribution in [0.5, 0.6) is 0 Å². The monoisotopic (exact) mass is 424 g/mol. The number of rotatable bonds is 7. The molecule has 1 amide bonds. The summed E-state index contributed by atoms with van der Waals surface area (Å²) in [4.78, 5) is 33.8. The van der Waals surface area contributed by atoms with E-state index in [-0.39, 0.29) is 11.5 Å². The van der Waals surface area contributed by atoms with Crippen molar-refractivity contribution in [3.8, 4) is 0 Å². The summed E-state index contributed by atoms with van der Waals surface area (Å²) in [6.07, 6.45) is 7.21. The first-order valence-corrected chi connectivity index (χ1v) is 11.5. The number of amides is 1. The maximum absolute atomic E-state index is 12.9. The minimum atomic E-state index is -0.193. The number of benzene rings is 1. The lowest BCUT2D eigenvalue weighted by atomic mass is 10.2.